The molecule has 0 aliphatic rings. The van der Waals surface area contributed by atoms with E-state index in [2.05, 4.69) is 16.9 Å². The maximum absolute atomic E-state index is 12.2. The van der Waals surface area contributed by atoms with E-state index in [0.29, 0.717) is 5.56 Å². The minimum atomic E-state index is 0.0203. The molecule has 0 aliphatic heterocycles. The number of H-pyrrole nitrogens is 1. The number of rotatable bonds is 7. The highest BCUT2D eigenvalue weighted by Crippen LogP contribution is 2.30. The van der Waals surface area contributed by atoms with Crippen LogP contribution in [0.25, 0.3) is 11.1 Å². The molecule has 0 bridgehead atoms. The molecule has 1 heterocycles. The van der Waals surface area contributed by atoms with Crippen LogP contribution in [0, 0.1) is 6.92 Å². The predicted octanol–water partition coefficient (Wildman–Crippen LogP) is 3.70. The van der Waals surface area contributed by atoms with Crippen LogP contribution in [0.4, 0.5) is 0 Å². The first kappa shape index (κ1) is 18.3. The van der Waals surface area contributed by atoms with Gasteiger partial charge < -0.3 is 16.0 Å². The summed E-state index contributed by atoms with van der Waals surface area (Å²) in [5, 5.41) is 2.96. The smallest absolute Gasteiger partial charge is 0.162 e. The van der Waals surface area contributed by atoms with Crippen molar-refractivity contribution in [3.8, 4) is 0 Å². The summed E-state index contributed by atoms with van der Waals surface area (Å²) in [6.45, 7) is 9.18. The number of hydrogen-bond donors (Lipinski definition) is 3. The van der Waals surface area contributed by atoms with Crippen molar-refractivity contribution < 1.29 is 4.79 Å². The molecule has 0 unspecified atom stereocenters. The molecular weight excluding hydrogens is 286 g/mol. The molecular formula is C19H25N3O. The van der Waals surface area contributed by atoms with Crippen molar-refractivity contribution in [2.75, 3.05) is 7.05 Å². The number of hydrogen-bond acceptors (Lipinski definition) is 3. The number of nitrogens with two attached hydrogens (primary N) is 1. The van der Waals surface area contributed by atoms with Gasteiger partial charge in [-0.05, 0) is 62.0 Å². The molecule has 0 radical (unpaired) electrons. The zero-order valence-electron chi connectivity index (χ0n) is 14.2. The van der Waals surface area contributed by atoms with Crippen molar-refractivity contribution in [2.24, 2.45) is 5.73 Å². The second kappa shape index (κ2) is 8.63. The maximum atomic E-state index is 12.2. The lowest BCUT2D eigenvalue weighted by atomic mass is 9.99. The van der Waals surface area contributed by atoms with Crippen LogP contribution in [-0.2, 0) is 0 Å². The average Bonchev–Trinajstić information content (AvgIpc) is 2.85. The Kier molecular flexibility index (Phi) is 6.87. The lowest BCUT2D eigenvalue weighted by Gasteiger charge is -2.03. The lowest BCUT2D eigenvalue weighted by molar-refractivity contribution is 0.101. The molecule has 4 nitrogen and oxygen atoms in total. The van der Waals surface area contributed by atoms with Gasteiger partial charge in [-0.25, -0.2) is 0 Å². The molecule has 1 aromatic heterocycles. The summed E-state index contributed by atoms with van der Waals surface area (Å²) in [7, 11) is 1.83. The van der Waals surface area contributed by atoms with E-state index in [4.69, 9.17) is 5.73 Å². The molecule has 0 fully saturated rings. The molecule has 1 rings (SSSR count). The second-order valence-corrected chi connectivity index (χ2v) is 5.01. The van der Waals surface area contributed by atoms with Crippen LogP contribution in [0.15, 0.2) is 49.4 Å². The lowest BCUT2D eigenvalue weighted by Crippen LogP contribution is -1.99. The monoisotopic (exact) mass is 311 g/mol. The van der Waals surface area contributed by atoms with Crippen LogP contribution in [0.5, 0.6) is 0 Å². The van der Waals surface area contributed by atoms with Crippen LogP contribution in [0.1, 0.15) is 41.2 Å². The highest BCUT2D eigenvalue weighted by Gasteiger charge is 2.20. The van der Waals surface area contributed by atoms with Gasteiger partial charge in [-0.3, -0.25) is 4.79 Å². The number of carbonyl (C=O) groups is 1. The number of aromatic nitrogens is 1. The van der Waals surface area contributed by atoms with E-state index in [9.17, 15) is 4.79 Å². The zero-order valence-corrected chi connectivity index (χ0v) is 14.2. The average molecular weight is 311 g/mol. The Morgan fingerprint density at radius 1 is 1.26 bits per heavy atom. The number of Topliss-reactive ketones (excluding diaryl/α,β-unsaturated/α-hetero) is 1. The summed E-state index contributed by atoms with van der Waals surface area (Å²) in [5.74, 6) is 0.0203. The summed E-state index contributed by atoms with van der Waals surface area (Å²) >= 11 is 0. The van der Waals surface area contributed by atoms with Crippen molar-refractivity contribution in [3.05, 3.63) is 71.9 Å². The molecule has 0 spiro atoms. The molecule has 0 aromatic carbocycles. The van der Waals surface area contributed by atoms with Gasteiger partial charge in [0, 0.05) is 18.3 Å². The second-order valence-electron chi connectivity index (χ2n) is 5.01. The summed E-state index contributed by atoms with van der Waals surface area (Å²) in [5.41, 5.74) is 10.6. The molecule has 0 atom stereocenters. The third kappa shape index (κ3) is 4.13. The van der Waals surface area contributed by atoms with Gasteiger partial charge in [0.05, 0.1) is 5.69 Å². The Balaban J connectivity index is 3.64. The van der Waals surface area contributed by atoms with Crippen LogP contribution in [-0.4, -0.2) is 17.8 Å². The first-order valence-corrected chi connectivity index (χ1v) is 7.47. The molecule has 0 saturated carbocycles. The van der Waals surface area contributed by atoms with Crippen LogP contribution >= 0.6 is 0 Å². The molecule has 4 N–H and O–H groups in total. The van der Waals surface area contributed by atoms with Gasteiger partial charge in [-0.2, -0.15) is 0 Å². The number of nitrogens with one attached hydrogen (secondary N) is 2. The van der Waals surface area contributed by atoms with E-state index >= 15 is 0 Å². The molecule has 0 amide bonds. The van der Waals surface area contributed by atoms with Crippen molar-refractivity contribution in [1.29, 1.82) is 0 Å². The summed E-state index contributed by atoms with van der Waals surface area (Å²) in [6, 6.07) is 0. The third-order valence-corrected chi connectivity index (χ3v) is 3.49. The minimum Gasteiger partial charge on any atom is -0.405 e. The van der Waals surface area contributed by atoms with Crippen molar-refractivity contribution >= 4 is 16.9 Å². The predicted molar refractivity (Wildman–Crippen MR) is 98.9 cm³/mol. The van der Waals surface area contributed by atoms with Crippen LogP contribution in [0.3, 0.4) is 0 Å². The first-order valence-electron chi connectivity index (χ1n) is 7.47. The first-order chi connectivity index (χ1) is 11.0. The molecule has 0 saturated heterocycles. The molecule has 23 heavy (non-hydrogen) atoms. The highest BCUT2D eigenvalue weighted by molar-refractivity contribution is 6.02. The topological polar surface area (TPSA) is 70.9 Å². The number of aromatic amines is 1. The van der Waals surface area contributed by atoms with Crippen LogP contribution in [0.2, 0.25) is 0 Å². The fourth-order valence-electron chi connectivity index (χ4n) is 2.49. The Labute approximate surface area is 138 Å². The fourth-order valence-corrected chi connectivity index (χ4v) is 2.49. The summed E-state index contributed by atoms with van der Waals surface area (Å²) < 4.78 is 0. The Bertz CT molecular complexity index is 700. The Hall–Kier alpha value is -2.75. The van der Waals surface area contributed by atoms with E-state index in [1.807, 2.05) is 45.3 Å². The van der Waals surface area contributed by atoms with Crippen molar-refractivity contribution in [1.82, 2.24) is 10.3 Å². The van der Waals surface area contributed by atoms with Gasteiger partial charge in [0.1, 0.15) is 0 Å². The molecule has 122 valence electrons. The van der Waals surface area contributed by atoms with E-state index in [1.165, 1.54) is 6.20 Å². The van der Waals surface area contributed by atoms with Gasteiger partial charge in [0.25, 0.3) is 0 Å². The van der Waals surface area contributed by atoms with Gasteiger partial charge in [0.15, 0.2) is 5.78 Å². The Morgan fingerprint density at radius 2 is 1.96 bits per heavy atom. The highest BCUT2D eigenvalue weighted by atomic mass is 16.1. The van der Waals surface area contributed by atoms with Crippen molar-refractivity contribution in [3.63, 3.8) is 0 Å². The number of carbonyl (C=O) groups excluding carboxylic acids is 1. The van der Waals surface area contributed by atoms with E-state index < -0.39 is 0 Å². The van der Waals surface area contributed by atoms with Crippen LogP contribution < -0.4 is 11.1 Å². The fraction of sp³-hybridized carbons (Fsp3) is 0.211. The molecule has 4 heteroatoms. The SMILES string of the molecule is C=C/C=C(\C=C/N)c1[nH]c(C(/C=C\NC)=C/C)c(C(C)=O)c1C. The van der Waals surface area contributed by atoms with Gasteiger partial charge >= 0.3 is 0 Å². The van der Waals surface area contributed by atoms with Gasteiger partial charge in [-0.15, -0.1) is 0 Å². The summed E-state index contributed by atoms with van der Waals surface area (Å²) in [4.78, 5) is 15.5. The van der Waals surface area contributed by atoms with Crippen molar-refractivity contribution in [2.45, 2.75) is 20.8 Å². The molecule has 1 aromatic rings. The zero-order chi connectivity index (χ0) is 17.4. The molecule has 0 aliphatic carbocycles. The number of allylic oxidation sites excluding steroid dienone is 7. The van der Waals surface area contributed by atoms with E-state index in [-0.39, 0.29) is 5.78 Å². The Morgan fingerprint density at radius 3 is 2.43 bits per heavy atom. The van der Waals surface area contributed by atoms with E-state index in [1.54, 1.807) is 19.1 Å². The van der Waals surface area contributed by atoms with Gasteiger partial charge in [0.2, 0.25) is 0 Å². The summed E-state index contributed by atoms with van der Waals surface area (Å²) in [6.07, 6.45) is 12.5. The maximum Gasteiger partial charge on any atom is 0.162 e. The third-order valence-electron chi connectivity index (χ3n) is 3.49. The normalized spacial score (nSPS) is 13.0. The minimum absolute atomic E-state index is 0.0203. The largest absolute Gasteiger partial charge is 0.405 e. The van der Waals surface area contributed by atoms with E-state index in [0.717, 1.165) is 28.1 Å². The standard InChI is InChI=1S/C19H25N3O/c1-6-8-16(9-11-20)18-13(3)17(14(4)23)19(22-18)15(7-2)10-12-21-5/h6-12,21-22H,1,20H2,2-5H3/b11-9-,12-10-,15-7+,16-8+. The number of ketones is 1. The quantitative estimate of drug-likeness (QED) is 0.531. The van der Waals surface area contributed by atoms with Gasteiger partial charge in [-0.1, -0.05) is 24.8 Å².